The molecule has 0 amide bonds. The van der Waals surface area contributed by atoms with Crippen LogP contribution in [0.2, 0.25) is 0 Å². The Balaban J connectivity index is 1.84. The van der Waals surface area contributed by atoms with E-state index in [0.29, 0.717) is 6.04 Å². The fourth-order valence-corrected chi connectivity index (χ4v) is 3.16. The van der Waals surface area contributed by atoms with Gasteiger partial charge in [0.05, 0.1) is 0 Å². The number of fused-ring (bicyclic) bond motifs is 1. The predicted molar refractivity (Wildman–Crippen MR) is 85.9 cm³/mol. The van der Waals surface area contributed by atoms with Gasteiger partial charge in [-0.25, -0.2) is 0 Å². The van der Waals surface area contributed by atoms with Gasteiger partial charge in [0, 0.05) is 40.6 Å². The molecule has 3 heteroatoms. The van der Waals surface area contributed by atoms with Gasteiger partial charge in [-0.3, -0.25) is 4.98 Å². The Morgan fingerprint density at radius 2 is 1.70 bits per heavy atom. The molecule has 1 aromatic heterocycles. The van der Waals surface area contributed by atoms with Gasteiger partial charge in [0.2, 0.25) is 0 Å². The smallest absolute Gasteiger partial charge is 0.0424 e. The highest BCUT2D eigenvalue weighted by molar-refractivity contribution is 6.00. The fourth-order valence-electron chi connectivity index (χ4n) is 3.16. The zero-order chi connectivity index (χ0) is 13.8. The van der Waals surface area contributed by atoms with Crippen LogP contribution < -0.4 is 11.1 Å². The number of pyridine rings is 1. The molecule has 1 fully saturated rings. The second kappa shape index (κ2) is 6.12. The highest BCUT2D eigenvalue weighted by atomic mass is 14.9. The Morgan fingerprint density at radius 1 is 0.950 bits per heavy atom. The van der Waals surface area contributed by atoms with E-state index >= 15 is 0 Å². The third-order valence-electron chi connectivity index (χ3n) is 4.32. The number of nitrogens with zero attached hydrogens (tertiary/aromatic N) is 1. The lowest BCUT2D eigenvalue weighted by Crippen LogP contribution is -2.20. The second-order valence-electron chi connectivity index (χ2n) is 5.81. The summed E-state index contributed by atoms with van der Waals surface area (Å²) in [5, 5.41) is 5.96. The van der Waals surface area contributed by atoms with Crippen molar-refractivity contribution in [3.63, 3.8) is 0 Å². The molecule has 106 valence electrons. The minimum absolute atomic E-state index is 0.593. The summed E-state index contributed by atoms with van der Waals surface area (Å²) < 4.78 is 0. The monoisotopic (exact) mass is 269 g/mol. The molecule has 1 aliphatic carbocycles. The minimum Gasteiger partial charge on any atom is -0.398 e. The maximum Gasteiger partial charge on any atom is 0.0424 e. The number of rotatable bonds is 2. The van der Waals surface area contributed by atoms with Crippen LogP contribution in [-0.4, -0.2) is 11.0 Å². The summed E-state index contributed by atoms with van der Waals surface area (Å²) >= 11 is 0. The molecule has 3 nitrogen and oxygen atoms in total. The molecular formula is C17H23N3. The fraction of sp³-hybridized carbons (Fsp3) is 0.471. The molecule has 1 heterocycles. The van der Waals surface area contributed by atoms with Gasteiger partial charge in [-0.1, -0.05) is 32.1 Å². The third-order valence-corrected chi connectivity index (χ3v) is 4.32. The van der Waals surface area contributed by atoms with Crippen LogP contribution in [0.5, 0.6) is 0 Å². The molecule has 2 aromatic rings. The average Bonchev–Trinajstić information content (AvgIpc) is 2.44. The van der Waals surface area contributed by atoms with E-state index in [9.17, 15) is 0 Å². The predicted octanol–water partition coefficient (Wildman–Crippen LogP) is 4.34. The molecular weight excluding hydrogens is 246 g/mol. The van der Waals surface area contributed by atoms with Crippen LogP contribution in [0.4, 0.5) is 11.4 Å². The number of nitrogens with one attached hydrogen (secondary N) is 1. The van der Waals surface area contributed by atoms with Crippen molar-refractivity contribution in [2.45, 2.75) is 51.0 Å². The molecule has 0 bridgehead atoms. The van der Waals surface area contributed by atoms with Crippen molar-refractivity contribution in [1.29, 1.82) is 0 Å². The van der Waals surface area contributed by atoms with E-state index < -0.39 is 0 Å². The first-order chi connectivity index (χ1) is 9.84. The number of hydrogen-bond donors (Lipinski definition) is 2. The Bertz CT molecular complexity index is 571. The van der Waals surface area contributed by atoms with Crippen LogP contribution in [0.1, 0.15) is 44.9 Å². The lowest BCUT2D eigenvalue weighted by Gasteiger charge is -2.23. The third kappa shape index (κ3) is 2.87. The number of anilines is 2. The Morgan fingerprint density at radius 3 is 2.50 bits per heavy atom. The summed E-state index contributed by atoms with van der Waals surface area (Å²) in [5.41, 5.74) is 8.03. The molecule has 0 spiro atoms. The standard InChI is InChI=1S/C17H23N3/c18-16-8-9-17(14-10-11-19-12-15(14)16)20-13-6-4-2-1-3-5-7-13/h8-13,20H,1-7,18H2. The van der Waals surface area contributed by atoms with Crippen LogP contribution in [0.25, 0.3) is 10.8 Å². The summed E-state index contributed by atoms with van der Waals surface area (Å²) in [5.74, 6) is 0. The van der Waals surface area contributed by atoms with Crippen molar-refractivity contribution in [3.8, 4) is 0 Å². The zero-order valence-corrected chi connectivity index (χ0v) is 11.9. The molecule has 0 aliphatic heterocycles. The van der Waals surface area contributed by atoms with E-state index in [1.165, 1.54) is 56.0 Å². The Kier molecular flexibility index (Phi) is 4.05. The first-order valence-corrected chi connectivity index (χ1v) is 7.73. The molecule has 0 unspecified atom stereocenters. The number of hydrogen-bond acceptors (Lipinski definition) is 3. The average molecular weight is 269 g/mol. The summed E-state index contributed by atoms with van der Waals surface area (Å²) in [6.07, 6.45) is 13.1. The van der Waals surface area contributed by atoms with Crippen molar-refractivity contribution in [1.82, 2.24) is 4.98 Å². The van der Waals surface area contributed by atoms with Crippen LogP contribution in [-0.2, 0) is 0 Å². The first kappa shape index (κ1) is 13.2. The molecule has 1 aliphatic rings. The molecule has 3 rings (SSSR count). The molecule has 0 atom stereocenters. The molecule has 20 heavy (non-hydrogen) atoms. The van der Waals surface area contributed by atoms with Crippen molar-refractivity contribution in [3.05, 3.63) is 30.6 Å². The van der Waals surface area contributed by atoms with Crippen molar-refractivity contribution in [2.75, 3.05) is 11.1 Å². The van der Waals surface area contributed by atoms with Crippen LogP contribution in [0.15, 0.2) is 30.6 Å². The lowest BCUT2D eigenvalue weighted by atomic mass is 9.96. The second-order valence-corrected chi connectivity index (χ2v) is 5.81. The summed E-state index contributed by atoms with van der Waals surface area (Å²) in [6, 6.07) is 6.73. The molecule has 0 radical (unpaired) electrons. The van der Waals surface area contributed by atoms with E-state index in [2.05, 4.69) is 22.4 Å². The van der Waals surface area contributed by atoms with Crippen molar-refractivity contribution < 1.29 is 0 Å². The van der Waals surface area contributed by atoms with Crippen LogP contribution >= 0.6 is 0 Å². The van der Waals surface area contributed by atoms with Crippen molar-refractivity contribution in [2.24, 2.45) is 0 Å². The SMILES string of the molecule is Nc1ccc(NC2CCCCCCC2)c2ccncc12. The van der Waals surface area contributed by atoms with Crippen LogP contribution in [0.3, 0.4) is 0 Å². The number of nitrogens with two attached hydrogens (primary N) is 1. The van der Waals surface area contributed by atoms with Gasteiger partial charge in [0.15, 0.2) is 0 Å². The van der Waals surface area contributed by atoms with Gasteiger partial charge in [-0.05, 0) is 31.0 Å². The highest BCUT2D eigenvalue weighted by Crippen LogP contribution is 2.29. The van der Waals surface area contributed by atoms with E-state index in [1.807, 2.05) is 18.5 Å². The van der Waals surface area contributed by atoms with E-state index in [4.69, 9.17) is 5.73 Å². The van der Waals surface area contributed by atoms with E-state index in [0.717, 1.165) is 11.1 Å². The van der Waals surface area contributed by atoms with Gasteiger partial charge in [-0.2, -0.15) is 0 Å². The summed E-state index contributed by atoms with van der Waals surface area (Å²) in [6.45, 7) is 0. The Labute approximate surface area is 120 Å². The number of nitrogen functional groups attached to an aromatic ring is 1. The van der Waals surface area contributed by atoms with Gasteiger partial charge in [0.1, 0.15) is 0 Å². The number of aromatic nitrogens is 1. The molecule has 0 saturated heterocycles. The lowest BCUT2D eigenvalue weighted by molar-refractivity contribution is 0.471. The quantitative estimate of drug-likeness (QED) is 0.797. The normalized spacial score (nSPS) is 17.6. The number of benzene rings is 1. The topological polar surface area (TPSA) is 50.9 Å². The van der Waals surface area contributed by atoms with Crippen molar-refractivity contribution >= 4 is 22.1 Å². The van der Waals surface area contributed by atoms with Gasteiger partial charge >= 0.3 is 0 Å². The van der Waals surface area contributed by atoms with Crippen LogP contribution in [0, 0.1) is 0 Å². The van der Waals surface area contributed by atoms with E-state index in [-0.39, 0.29) is 0 Å². The van der Waals surface area contributed by atoms with Gasteiger partial charge in [-0.15, -0.1) is 0 Å². The zero-order valence-electron chi connectivity index (χ0n) is 11.9. The maximum absolute atomic E-state index is 6.04. The summed E-state index contributed by atoms with van der Waals surface area (Å²) in [4.78, 5) is 4.18. The largest absolute Gasteiger partial charge is 0.398 e. The molecule has 1 saturated carbocycles. The Hall–Kier alpha value is -1.77. The molecule has 1 aromatic carbocycles. The molecule has 3 N–H and O–H groups in total. The maximum atomic E-state index is 6.04. The van der Waals surface area contributed by atoms with E-state index in [1.54, 1.807) is 0 Å². The summed E-state index contributed by atoms with van der Waals surface area (Å²) in [7, 11) is 0. The highest BCUT2D eigenvalue weighted by Gasteiger charge is 2.13. The van der Waals surface area contributed by atoms with Gasteiger partial charge in [0.25, 0.3) is 0 Å². The first-order valence-electron chi connectivity index (χ1n) is 7.73. The minimum atomic E-state index is 0.593. The van der Waals surface area contributed by atoms with Gasteiger partial charge < -0.3 is 11.1 Å².